The second kappa shape index (κ2) is 6.39. The predicted octanol–water partition coefficient (Wildman–Crippen LogP) is 4.81. The molecule has 0 spiro atoms. The molecule has 22 heavy (non-hydrogen) atoms. The number of pyridine rings is 1. The summed E-state index contributed by atoms with van der Waals surface area (Å²) in [4.78, 5) is 4.30. The summed E-state index contributed by atoms with van der Waals surface area (Å²) in [7, 11) is 0. The van der Waals surface area contributed by atoms with Crippen molar-refractivity contribution in [2.75, 3.05) is 5.32 Å². The van der Waals surface area contributed by atoms with Gasteiger partial charge in [-0.2, -0.15) is 0 Å². The number of aromatic nitrogens is 1. The molecule has 0 fully saturated rings. The predicted molar refractivity (Wildman–Crippen MR) is 88.1 cm³/mol. The number of rotatable bonds is 4. The first-order valence-corrected chi connectivity index (χ1v) is 7.23. The summed E-state index contributed by atoms with van der Waals surface area (Å²) in [5.74, 6) is -0.222. The van der Waals surface area contributed by atoms with Crippen LogP contribution in [0.3, 0.4) is 0 Å². The van der Waals surface area contributed by atoms with Gasteiger partial charge in [0, 0.05) is 29.7 Å². The molecule has 0 atom stereocenters. The van der Waals surface area contributed by atoms with E-state index in [1.54, 1.807) is 18.3 Å². The number of hydrogen-bond donors (Lipinski definition) is 1. The van der Waals surface area contributed by atoms with Crippen molar-refractivity contribution in [3.63, 3.8) is 0 Å². The van der Waals surface area contributed by atoms with Crippen molar-refractivity contribution >= 4 is 5.69 Å². The highest BCUT2D eigenvalue weighted by Gasteiger charge is 2.05. The molecule has 3 rings (SSSR count). The van der Waals surface area contributed by atoms with Crippen LogP contribution in [0.4, 0.5) is 10.1 Å². The highest BCUT2D eigenvalue weighted by molar-refractivity contribution is 5.77. The lowest BCUT2D eigenvalue weighted by molar-refractivity contribution is 0.628. The second-order valence-electron chi connectivity index (χ2n) is 5.15. The lowest BCUT2D eigenvalue weighted by Gasteiger charge is -2.13. The summed E-state index contributed by atoms with van der Waals surface area (Å²) in [6.45, 7) is 2.71. The molecular formula is C19H17FN2. The summed E-state index contributed by atoms with van der Waals surface area (Å²) in [5, 5.41) is 3.45. The van der Waals surface area contributed by atoms with E-state index < -0.39 is 0 Å². The van der Waals surface area contributed by atoms with Crippen molar-refractivity contribution in [3.8, 4) is 11.1 Å². The summed E-state index contributed by atoms with van der Waals surface area (Å²) in [6, 6.07) is 18.6. The fraction of sp³-hybridized carbons (Fsp3) is 0.105. The molecule has 0 amide bonds. The summed E-state index contributed by atoms with van der Waals surface area (Å²) in [6.07, 6.45) is 1.80. The van der Waals surface area contributed by atoms with Crippen molar-refractivity contribution in [2.24, 2.45) is 0 Å². The van der Waals surface area contributed by atoms with Crippen LogP contribution in [0.1, 0.15) is 11.3 Å². The third-order valence-corrected chi connectivity index (χ3v) is 3.67. The van der Waals surface area contributed by atoms with E-state index >= 15 is 0 Å². The Balaban J connectivity index is 1.86. The topological polar surface area (TPSA) is 24.9 Å². The number of aryl methyl sites for hydroxylation is 1. The van der Waals surface area contributed by atoms with E-state index in [1.807, 2.05) is 37.3 Å². The van der Waals surface area contributed by atoms with Crippen molar-refractivity contribution in [1.82, 2.24) is 4.98 Å². The standard InChI is InChI=1S/C19H17FN2/c1-14-16(5-4-12-21-14)13-22-19-7-3-2-6-18(19)15-8-10-17(20)11-9-15/h2-12,22H,13H2,1H3. The number of para-hydroxylation sites is 1. The van der Waals surface area contributed by atoms with Gasteiger partial charge in [-0.15, -0.1) is 0 Å². The van der Waals surface area contributed by atoms with Crippen LogP contribution in [0.2, 0.25) is 0 Å². The van der Waals surface area contributed by atoms with Crippen LogP contribution < -0.4 is 5.32 Å². The minimum absolute atomic E-state index is 0.222. The van der Waals surface area contributed by atoms with Crippen molar-refractivity contribution in [2.45, 2.75) is 13.5 Å². The van der Waals surface area contributed by atoms with E-state index in [1.165, 1.54) is 12.1 Å². The Morgan fingerprint density at radius 3 is 2.50 bits per heavy atom. The van der Waals surface area contributed by atoms with Gasteiger partial charge in [-0.1, -0.05) is 36.4 Å². The summed E-state index contributed by atoms with van der Waals surface area (Å²) < 4.78 is 13.1. The van der Waals surface area contributed by atoms with E-state index in [4.69, 9.17) is 0 Å². The molecule has 2 aromatic carbocycles. The Labute approximate surface area is 129 Å². The van der Waals surface area contributed by atoms with E-state index in [2.05, 4.69) is 16.4 Å². The van der Waals surface area contributed by atoms with Crippen LogP contribution in [0.5, 0.6) is 0 Å². The Hall–Kier alpha value is -2.68. The van der Waals surface area contributed by atoms with Crippen LogP contribution in [-0.2, 0) is 6.54 Å². The minimum Gasteiger partial charge on any atom is -0.380 e. The van der Waals surface area contributed by atoms with Gasteiger partial charge < -0.3 is 5.32 Å². The van der Waals surface area contributed by atoms with Crippen LogP contribution in [0.25, 0.3) is 11.1 Å². The lowest BCUT2D eigenvalue weighted by atomic mass is 10.0. The highest BCUT2D eigenvalue weighted by Crippen LogP contribution is 2.28. The summed E-state index contributed by atoms with van der Waals surface area (Å²) in [5.41, 5.74) is 5.26. The van der Waals surface area contributed by atoms with E-state index in [-0.39, 0.29) is 5.82 Å². The number of halogens is 1. The number of nitrogens with zero attached hydrogens (tertiary/aromatic N) is 1. The molecule has 0 saturated carbocycles. The molecule has 1 aromatic heterocycles. The van der Waals surface area contributed by atoms with Gasteiger partial charge in [0.05, 0.1) is 0 Å². The zero-order valence-corrected chi connectivity index (χ0v) is 12.4. The monoisotopic (exact) mass is 292 g/mol. The quantitative estimate of drug-likeness (QED) is 0.746. The summed E-state index contributed by atoms with van der Waals surface area (Å²) >= 11 is 0. The van der Waals surface area contributed by atoms with Crippen LogP contribution in [0, 0.1) is 12.7 Å². The molecule has 0 aliphatic carbocycles. The van der Waals surface area contributed by atoms with E-state index in [0.29, 0.717) is 6.54 Å². The van der Waals surface area contributed by atoms with Crippen LogP contribution in [0.15, 0.2) is 66.9 Å². The molecule has 3 heteroatoms. The van der Waals surface area contributed by atoms with E-state index in [0.717, 1.165) is 28.1 Å². The average molecular weight is 292 g/mol. The Morgan fingerprint density at radius 1 is 0.955 bits per heavy atom. The van der Waals surface area contributed by atoms with Crippen LogP contribution in [-0.4, -0.2) is 4.98 Å². The molecule has 1 heterocycles. The SMILES string of the molecule is Cc1ncccc1CNc1ccccc1-c1ccc(F)cc1. The number of nitrogens with one attached hydrogen (secondary N) is 1. The molecule has 2 nitrogen and oxygen atoms in total. The van der Waals surface area contributed by atoms with Gasteiger partial charge >= 0.3 is 0 Å². The van der Waals surface area contributed by atoms with Gasteiger partial charge in [0.1, 0.15) is 5.82 Å². The van der Waals surface area contributed by atoms with Gasteiger partial charge in [0.25, 0.3) is 0 Å². The average Bonchev–Trinajstić information content (AvgIpc) is 2.55. The van der Waals surface area contributed by atoms with Crippen molar-refractivity contribution in [3.05, 3.63) is 83.9 Å². The first-order chi connectivity index (χ1) is 10.7. The number of anilines is 1. The molecule has 0 aliphatic rings. The van der Waals surface area contributed by atoms with Crippen molar-refractivity contribution < 1.29 is 4.39 Å². The normalized spacial score (nSPS) is 10.5. The molecule has 1 N–H and O–H groups in total. The molecule has 110 valence electrons. The maximum atomic E-state index is 13.1. The van der Waals surface area contributed by atoms with Crippen molar-refractivity contribution in [1.29, 1.82) is 0 Å². The Morgan fingerprint density at radius 2 is 1.73 bits per heavy atom. The molecule has 0 bridgehead atoms. The second-order valence-corrected chi connectivity index (χ2v) is 5.15. The number of benzene rings is 2. The van der Waals surface area contributed by atoms with Gasteiger partial charge in [0.2, 0.25) is 0 Å². The zero-order chi connectivity index (χ0) is 15.4. The maximum Gasteiger partial charge on any atom is 0.123 e. The Kier molecular flexibility index (Phi) is 4.15. The molecule has 0 radical (unpaired) electrons. The van der Waals surface area contributed by atoms with Crippen LogP contribution >= 0.6 is 0 Å². The molecule has 0 saturated heterocycles. The molecule has 0 unspecified atom stereocenters. The fourth-order valence-electron chi connectivity index (χ4n) is 2.41. The first-order valence-electron chi connectivity index (χ1n) is 7.23. The third-order valence-electron chi connectivity index (χ3n) is 3.67. The highest BCUT2D eigenvalue weighted by atomic mass is 19.1. The lowest BCUT2D eigenvalue weighted by Crippen LogP contribution is -2.03. The molecular weight excluding hydrogens is 275 g/mol. The fourth-order valence-corrected chi connectivity index (χ4v) is 2.41. The largest absolute Gasteiger partial charge is 0.380 e. The van der Waals surface area contributed by atoms with Gasteiger partial charge in [-0.25, -0.2) is 4.39 Å². The zero-order valence-electron chi connectivity index (χ0n) is 12.4. The molecule has 3 aromatic rings. The van der Waals surface area contributed by atoms with Gasteiger partial charge in [-0.05, 0) is 42.3 Å². The first kappa shape index (κ1) is 14.3. The maximum absolute atomic E-state index is 13.1. The van der Waals surface area contributed by atoms with Gasteiger partial charge in [-0.3, -0.25) is 4.98 Å². The van der Waals surface area contributed by atoms with E-state index in [9.17, 15) is 4.39 Å². The molecule has 0 aliphatic heterocycles. The minimum atomic E-state index is -0.222. The Bertz CT molecular complexity index is 766. The number of hydrogen-bond acceptors (Lipinski definition) is 2. The van der Waals surface area contributed by atoms with Gasteiger partial charge in [0.15, 0.2) is 0 Å². The third kappa shape index (κ3) is 3.14. The smallest absolute Gasteiger partial charge is 0.123 e.